The minimum absolute atomic E-state index is 0.117. The lowest BCUT2D eigenvalue weighted by Gasteiger charge is -2.04. The van der Waals surface area contributed by atoms with Gasteiger partial charge in [-0.05, 0) is 52.3 Å². The van der Waals surface area contributed by atoms with Crippen LogP contribution in [0.2, 0.25) is 0 Å². The SMILES string of the molecule is O=C(CS(=O)c1ccccc1Br)c1ccc(F)cc1. The van der Waals surface area contributed by atoms with Crippen molar-refractivity contribution >= 4 is 32.5 Å². The summed E-state index contributed by atoms with van der Waals surface area (Å²) >= 11 is 3.30. The van der Waals surface area contributed by atoms with Gasteiger partial charge in [-0.1, -0.05) is 12.1 Å². The van der Waals surface area contributed by atoms with E-state index >= 15 is 0 Å². The highest BCUT2D eigenvalue weighted by molar-refractivity contribution is 9.10. The van der Waals surface area contributed by atoms with Gasteiger partial charge in [0.15, 0.2) is 5.78 Å². The van der Waals surface area contributed by atoms with Gasteiger partial charge in [-0.2, -0.15) is 0 Å². The minimum Gasteiger partial charge on any atom is -0.293 e. The van der Waals surface area contributed by atoms with Crippen LogP contribution in [-0.2, 0) is 10.8 Å². The third-order valence-corrected chi connectivity index (χ3v) is 4.84. The topological polar surface area (TPSA) is 34.1 Å². The van der Waals surface area contributed by atoms with Crippen molar-refractivity contribution in [1.29, 1.82) is 0 Å². The van der Waals surface area contributed by atoms with E-state index in [2.05, 4.69) is 15.9 Å². The molecule has 0 aliphatic heterocycles. The van der Waals surface area contributed by atoms with E-state index in [9.17, 15) is 13.4 Å². The summed E-state index contributed by atoms with van der Waals surface area (Å²) in [7, 11) is -1.42. The summed E-state index contributed by atoms with van der Waals surface area (Å²) in [6, 6.07) is 12.3. The van der Waals surface area contributed by atoms with Crippen LogP contribution in [0.5, 0.6) is 0 Å². The molecule has 0 N–H and O–H groups in total. The molecule has 5 heteroatoms. The van der Waals surface area contributed by atoms with Gasteiger partial charge in [0, 0.05) is 10.0 Å². The lowest BCUT2D eigenvalue weighted by atomic mass is 10.1. The lowest BCUT2D eigenvalue weighted by molar-refractivity contribution is 0.102. The average molecular weight is 341 g/mol. The molecule has 2 aromatic rings. The van der Waals surface area contributed by atoms with Crippen LogP contribution in [0.3, 0.4) is 0 Å². The fourth-order valence-corrected chi connectivity index (χ4v) is 3.45. The number of benzene rings is 2. The molecule has 0 spiro atoms. The van der Waals surface area contributed by atoms with Crippen molar-refractivity contribution in [2.45, 2.75) is 4.90 Å². The molecule has 0 bridgehead atoms. The van der Waals surface area contributed by atoms with Crippen LogP contribution in [0.1, 0.15) is 10.4 Å². The molecule has 0 fully saturated rings. The van der Waals surface area contributed by atoms with Gasteiger partial charge in [0.2, 0.25) is 0 Å². The Kier molecular flexibility index (Phi) is 4.61. The highest BCUT2D eigenvalue weighted by atomic mass is 79.9. The number of hydrogen-bond acceptors (Lipinski definition) is 2. The Bertz CT molecular complexity index is 626. The monoisotopic (exact) mass is 340 g/mol. The van der Waals surface area contributed by atoms with Gasteiger partial charge >= 0.3 is 0 Å². The Morgan fingerprint density at radius 3 is 2.37 bits per heavy atom. The van der Waals surface area contributed by atoms with E-state index in [-0.39, 0.29) is 11.5 Å². The largest absolute Gasteiger partial charge is 0.293 e. The first-order valence-corrected chi connectivity index (χ1v) is 7.61. The molecule has 1 unspecified atom stereocenters. The molecule has 2 nitrogen and oxygen atoms in total. The summed E-state index contributed by atoms with van der Waals surface area (Å²) in [5.41, 5.74) is 0.363. The molecular weight excluding hydrogens is 331 g/mol. The van der Waals surface area contributed by atoms with Crippen LogP contribution in [0, 0.1) is 5.82 Å². The van der Waals surface area contributed by atoms with Crippen molar-refractivity contribution in [2.75, 3.05) is 5.75 Å². The van der Waals surface area contributed by atoms with E-state index in [1.165, 1.54) is 24.3 Å². The van der Waals surface area contributed by atoms with Gasteiger partial charge in [0.1, 0.15) is 5.82 Å². The molecule has 0 amide bonds. The van der Waals surface area contributed by atoms with E-state index in [1.54, 1.807) is 18.2 Å². The fourth-order valence-electron chi connectivity index (χ4n) is 1.55. The fraction of sp³-hybridized carbons (Fsp3) is 0.0714. The zero-order valence-electron chi connectivity index (χ0n) is 9.81. The van der Waals surface area contributed by atoms with Gasteiger partial charge < -0.3 is 0 Å². The zero-order chi connectivity index (χ0) is 13.8. The van der Waals surface area contributed by atoms with Gasteiger partial charge in [0.25, 0.3) is 0 Å². The number of halogens is 2. The minimum atomic E-state index is -1.42. The maximum atomic E-state index is 12.8. The Hall–Kier alpha value is -1.33. The van der Waals surface area contributed by atoms with Crippen molar-refractivity contribution in [3.8, 4) is 0 Å². The van der Waals surface area contributed by atoms with E-state index in [0.29, 0.717) is 14.9 Å². The van der Waals surface area contributed by atoms with Crippen molar-refractivity contribution in [1.82, 2.24) is 0 Å². The summed E-state index contributed by atoms with van der Waals surface area (Å²) in [5.74, 6) is -0.786. The predicted molar refractivity (Wildman–Crippen MR) is 76.1 cm³/mol. The Labute approximate surface area is 121 Å². The van der Waals surface area contributed by atoms with Crippen molar-refractivity contribution in [2.24, 2.45) is 0 Å². The molecule has 0 saturated heterocycles. The van der Waals surface area contributed by atoms with Gasteiger partial charge in [-0.25, -0.2) is 4.39 Å². The Balaban J connectivity index is 2.13. The highest BCUT2D eigenvalue weighted by Gasteiger charge is 2.14. The zero-order valence-corrected chi connectivity index (χ0v) is 12.2. The first kappa shape index (κ1) is 14.1. The van der Waals surface area contributed by atoms with E-state index in [0.717, 1.165) is 0 Å². The molecule has 0 radical (unpaired) electrons. The van der Waals surface area contributed by atoms with E-state index < -0.39 is 16.6 Å². The first-order chi connectivity index (χ1) is 9.08. The van der Waals surface area contributed by atoms with E-state index in [4.69, 9.17) is 0 Å². The number of carbonyl (C=O) groups is 1. The summed E-state index contributed by atoms with van der Waals surface area (Å²) in [5, 5.41) is 0. The second kappa shape index (κ2) is 6.21. The molecule has 0 aromatic heterocycles. The maximum Gasteiger partial charge on any atom is 0.175 e. The number of rotatable bonds is 4. The summed E-state index contributed by atoms with van der Waals surface area (Å²) in [4.78, 5) is 12.5. The smallest absolute Gasteiger partial charge is 0.175 e. The summed E-state index contributed by atoms with van der Waals surface area (Å²) < 4.78 is 25.6. The standard InChI is InChI=1S/C14H10BrFO2S/c15-12-3-1-2-4-14(12)19(18)9-13(17)10-5-7-11(16)8-6-10/h1-8H,9H2. The maximum absolute atomic E-state index is 12.8. The van der Waals surface area contributed by atoms with E-state index in [1.807, 2.05) is 6.07 Å². The highest BCUT2D eigenvalue weighted by Crippen LogP contribution is 2.20. The number of Topliss-reactive ketones (excluding diaryl/α,β-unsaturated/α-hetero) is 1. The van der Waals surface area contributed by atoms with Crippen LogP contribution < -0.4 is 0 Å². The van der Waals surface area contributed by atoms with Crippen LogP contribution in [-0.4, -0.2) is 15.7 Å². The van der Waals surface area contributed by atoms with Crippen molar-refractivity contribution in [3.63, 3.8) is 0 Å². The second-order valence-corrected chi connectivity index (χ2v) is 6.12. The van der Waals surface area contributed by atoms with Crippen LogP contribution in [0.4, 0.5) is 4.39 Å². The third kappa shape index (κ3) is 3.58. The molecule has 19 heavy (non-hydrogen) atoms. The molecule has 2 aromatic carbocycles. The normalized spacial score (nSPS) is 12.1. The number of ketones is 1. The summed E-state index contributed by atoms with van der Waals surface area (Å²) in [6.45, 7) is 0. The predicted octanol–water partition coefficient (Wildman–Crippen LogP) is 3.58. The Morgan fingerprint density at radius 1 is 1.11 bits per heavy atom. The first-order valence-electron chi connectivity index (χ1n) is 5.49. The van der Waals surface area contributed by atoms with Crippen molar-refractivity contribution < 1.29 is 13.4 Å². The quantitative estimate of drug-likeness (QED) is 0.797. The molecule has 0 aliphatic carbocycles. The molecule has 0 aliphatic rings. The lowest BCUT2D eigenvalue weighted by Crippen LogP contribution is -2.11. The Morgan fingerprint density at radius 2 is 1.74 bits per heavy atom. The molecular formula is C14H10BrFO2S. The molecule has 98 valence electrons. The van der Waals surface area contributed by atoms with Crippen LogP contribution >= 0.6 is 15.9 Å². The van der Waals surface area contributed by atoms with Gasteiger partial charge in [-0.3, -0.25) is 9.00 Å². The average Bonchev–Trinajstić information content (AvgIpc) is 2.39. The van der Waals surface area contributed by atoms with Gasteiger partial charge in [-0.15, -0.1) is 0 Å². The third-order valence-electron chi connectivity index (χ3n) is 2.51. The number of hydrogen-bond donors (Lipinski definition) is 0. The molecule has 0 heterocycles. The molecule has 0 saturated carbocycles. The van der Waals surface area contributed by atoms with Gasteiger partial charge in [0.05, 0.1) is 21.4 Å². The summed E-state index contributed by atoms with van der Waals surface area (Å²) in [6.07, 6.45) is 0. The molecule has 1 atom stereocenters. The number of carbonyl (C=O) groups excluding carboxylic acids is 1. The second-order valence-electron chi connectivity index (χ2n) is 3.85. The van der Waals surface area contributed by atoms with Crippen LogP contribution in [0.15, 0.2) is 57.9 Å². The molecule has 2 rings (SSSR count). The van der Waals surface area contributed by atoms with Crippen molar-refractivity contribution in [3.05, 3.63) is 64.4 Å². The van der Waals surface area contributed by atoms with Crippen LogP contribution in [0.25, 0.3) is 0 Å².